The van der Waals surface area contributed by atoms with Crippen molar-refractivity contribution in [3.63, 3.8) is 0 Å². The van der Waals surface area contributed by atoms with Crippen molar-refractivity contribution in [2.24, 2.45) is 5.92 Å². The maximum atomic E-state index is 11.9. The van der Waals surface area contributed by atoms with E-state index in [-0.39, 0.29) is 12.0 Å². The first-order chi connectivity index (χ1) is 10.1. The first-order valence-electron chi connectivity index (χ1n) is 8.40. The van der Waals surface area contributed by atoms with E-state index < -0.39 is 0 Å². The summed E-state index contributed by atoms with van der Waals surface area (Å²) >= 11 is 0. The van der Waals surface area contributed by atoms with E-state index in [1.54, 1.807) is 0 Å². The summed E-state index contributed by atoms with van der Waals surface area (Å²) < 4.78 is 5.41. The predicted octanol–water partition coefficient (Wildman–Crippen LogP) is 2.35. The van der Waals surface area contributed by atoms with Gasteiger partial charge >= 0.3 is 0 Å². The molecular weight excluding hydrogens is 264 g/mol. The van der Waals surface area contributed by atoms with Crippen LogP contribution in [0.5, 0.6) is 0 Å². The Labute approximate surface area is 128 Å². The Balaban J connectivity index is 1.58. The van der Waals surface area contributed by atoms with E-state index in [0.717, 1.165) is 45.5 Å². The lowest BCUT2D eigenvalue weighted by Gasteiger charge is -2.32. The molecule has 1 atom stereocenters. The fourth-order valence-electron chi connectivity index (χ4n) is 3.09. The quantitative estimate of drug-likeness (QED) is 0.765. The third-order valence-corrected chi connectivity index (χ3v) is 4.49. The largest absolute Gasteiger partial charge is 0.368 e. The van der Waals surface area contributed by atoms with Gasteiger partial charge < -0.3 is 15.0 Å². The number of hydrogen-bond acceptors (Lipinski definition) is 3. The lowest BCUT2D eigenvalue weighted by molar-refractivity contribution is -0.130. The molecule has 2 saturated heterocycles. The van der Waals surface area contributed by atoms with Crippen LogP contribution in [0.4, 0.5) is 0 Å². The van der Waals surface area contributed by atoms with Crippen LogP contribution in [0.1, 0.15) is 46.0 Å². The number of carbonyl (C=O) groups excluding carboxylic acids is 1. The second kappa shape index (κ2) is 8.54. The van der Waals surface area contributed by atoms with Gasteiger partial charge in [0.2, 0.25) is 5.91 Å². The van der Waals surface area contributed by atoms with Gasteiger partial charge in [-0.2, -0.15) is 0 Å². The summed E-state index contributed by atoms with van der Waals surface area (Å²) in [7, 11) is 0. The van der Waals surface area contributed by atoms with Crippen molar-refractivity contribution in [3.05, 3.63) is 11.6 Å². The van der Waals surface area contributed by atoms with Crippen molar-refractivity contribution in [1.82, 2.24) is 10.2 Å². The van der Waals surface area contributed by atoms with E-state index in [0.29, 0.717) is 5.92 Å². The van der Waals surface area contributed by atoms with Gasteiger partial charge in [-0.25, -0.2) is 0 Å². The minimum Gasteiger partial charge on any atom is -0.368 e. The Hall–Kier alpha value is -0.870. The molecule has 120 valence electrons. The number of ether oxygens (including phenoxy) is 1. The van der Waals surface area contributed by atoms with Crippen LogP contribution in [0, 0.1) is 5.92 Å². The number of nitrogens with zero attached hydrogens (tertiary/aromatic N) is 1. The highest BCUT2D eigenvalue weighted by Crippen LogP contribution is 2.17. The number of nitrogens with one attached hydrogen (secondary N) is 1. The second-order valence-corrected chi connectivity index (χ2v) is 6.60. The highest BCUT2D eigenvalue weighted by Gasteiger charge is 2.25. The van der Waals surface area contributed by atoms with Crippen LogP contribution in [-0.4, -0.2) is 49.7 Å². The summed E-state index contributed by atoms with van der Waals surface area (Å²) in [5, 5.41) is 3.08. The van der Waals surface area contributed by atoms with Crippen LogP contribution in [0.2, 0.25) is 0 Å². The third kappa shape index (κ3) is 5.79. The molecule has 4 nitrogen and oxygen atoms in total. The summed E-state index contributed by atoms with van der Waals surface area (Å²) in [5.74, 6) is 0.730. The first kappa shape index (κ1) is 16.5. The number of hydrogen-bond donors (Lipinski definition) is 1. The van der Waals surface area contributed by atoms with E-state index >= 15 is 0 Å². The number of allylic oxidation sites excluding steroid dienone is 1. The van der Waals surface area contributed by atoms with Crippen LogP contribution in [0.15, 0.2) is 11.6 Å². The molecule has 2 heterocycles. The normalized spacial score (nSPS) is 24.0. The molecule has 0 aliphatic carbocycles. The standard InChI is InChI=1S/C17H30N2O2/c1-14(2)5-3-9-19-10-7-15(8-11-19)13-18-17(20)16-6-4-12-21-16/h5,15-16H,3-4,6-13H2,1-2H3,(H,18,20). The van der Waals surface area contributed by atoms with Gasteiger partial charge in [0.1, 0.15) is 6.10 Å². The van der Waals surface area contributed by atoms with E-state index in [2.05, 4.69) is 30.1 Å². The van der Waals surface area contributed by atoms with E-state index in [4.69, 9.17) is 4.74 Å². The molecular formula is C17H30N2O2. The van der Waals surface area contributed by atoms with Gasteiger partial charge in [-0.3, -0.25) is 4.79 Å². The van der Waals surface area contributed by atoms with Gasteiger partial charge in [0.25, 0.3) is 0 Å². The highest BCUT2D eigenvalue weighted by molar-refractivity contribution is 5.80. The average Bonchev–Trinajstić information content (AvgIpc) is 3.00. The van der Waals surface area contributed by atoms with E-state index in [1.165, 1.54) is 25.0 Å². The lowest BCUT2D eigenvalue weighted by atomic mass is 9.96. The van der Waals surface area contributed by atoms with Crippen LogP contribution in [-0.2, 0) is 9.53 Å². The topological polar surface area (TPSA) is 41.6 Å². The number of carbonyl (C=O) groups is 1. The first-order valence-corrected chi connectivity index (χ1v) is 8.40. The molecule has 1 unspecified atom stereocenters. The average molecular weight is 294 g/mol. The summed E-state index contributed by atoms with van der Waals surface area (Å²) in [6.45, 7) is 9.36. The van der Waals surface area contributed by atoms with Crippen molar-refractivity contribution < 1.29 is 9.53 Å². The van der Waals surface area contributed by atoms with Crippen molar-refractivity contribution in [3.8, 4) is 0 Å². The van der Waals surface area contributed by atoms with Gasteiger partial charge in [-0.1, -0.05) is 11.6 Å². The molecule has 2 aliphatic heterocycles. The molecule has 0 aromatic heterocycles. The SMILES string of the molecule is CC(C)=CCCN1CCC(CNC(=O)C2CCCO2)CC1. The summed E-state index contributed by atoms with van der Waals surface area (Å²) in [6.07, 6.45) is 7.57. The van der Waals surface area contributed by atoms with Crippen molar-refractivity contribution >= 4 is 5.91 Å². The second-order valence-electron chi connectivity index (χ2n) is 6.60. The zero-order valence-electron chi connectivity index (χ0n) is 13.6. The maximum absolute atomic E-state index is 11.9. The molecule has 0 aromatic rings. The fraction of sp³-hybridized carbons (Fsp3) is 0.824. The Morgan fingerprint density at radius 1 is 1.29 bits per heavy atom. The number of amides is 1. The minimum absolute atomic E-state index is 0.0958. The van der Waals surface area contributed by atoms with Crippen molar-refractivity contribution in [2.75, 3.05) is 32.8 Å². The molecule has 1 N–H and O–H groups in total. The Morgan fingerprint density at radius 2 is 2.05 bits per heavy atom. The number of piperidine rings is 1. The van der Waals surface area contributed by atoms with Gasteiger partial charge in [0.05, 0.1) is 0 Å². The Morgan fingerprint density at radius 3 is 2.67 bits per heavy atom. The lowest BCUT2D eigenvalue weighted by Crippen LogP contribution is -2.41. The van der Waals surface area contributed by atoms with Crippen LogP contribution in [0.3, 0.4) is 0 Å². The molecule has 0 aromatic carbocycles. The smallest absolute Gasteiger partial charge is 0.249 e. The number of rotatable bonds is 6. The van der Waals surface area contributed by atoms with Crippen LogP contribution >= 0.6 is 0 Å². The summed E-state index contributed by atoms with van der Waals surface area (Å²) in [5.41, 5.74) is 1.40. The molecule has 2 aliphatic rings. The zero-order valence-corrected chi connectivity index (χ0v) is 13.6. The molecule has 1 amide bonds. The third-order valence-electron chi connectivity index (χ3n) is 4.49. The van der Waals surface area contributed by atoms with Gasteiger partial charge in [-0.05, 0) is 65.0 Å². The van der Waals surface area contributed by atoms with E-state index in [9.17, 15) is 4.79 Å². The molecule has 2 rings (SSSR count). The van der Waals surface area contributed by atoms with Gasteiger partial charge in [0, 0.05) is 19.7 Å². The molecule has 0 saturated carbocycles. The molecule has 0 bridgehead atoms. The molecule has 4 heteroatoms. The minimum atomic E-state index is -0.186. The predicted molar refractivity (Wildman–Crippen MR) is 85.2 cm³/mol. The summed E-state index contributed by atoms with van der Waals surface area (Å²) in [4.78, 5) is 14.4. The molecule has 0 spiro atoms. The maximum Gasteiger partial charge on any atom is 0.249 e. The zero-order chi connectivity index (χ0) is 15.1. The van der Waals surface area contributed by atoms with Crippen LogP contribution in [0.25, 0.3) is 0 Å². The van der Waals surface area contributed by atoms with Crippen molar-refractivity contribution in [2.45, 2.75) is 52.1 Å². The Bertz CT molecular complexity index is 350. The summed E-state index contributed by atoms with van der Waals surface area (Å²) in [6, 6.07) is 0. The van der Waals surface area contributed by atoms with Gasteiger partial charge in [0.15, 0.2) is 0 Å². The highest BCUT2D eigenvalue weighted by atomic mass is 16.5. The molecule has 2 fully saturated rings. The number of likely N-dealkylation sites (tertiary alicyclic amines) is 1. The fourth-order valence-corrected chi connectivity index (χ4v) is 3.09. The van der Waals surface area contributed by atoms with E-state index in [1.807, 2.05) is 0 Å². The monoisotopic (exact) mass is 294 g/mol. The Kier molecular flexibility index (Phi) is 6.71. The van der Waals surface area contributed by atoms with Crippen molar-refractivity contribution in [1.29, 1.82) is 0 Å². The van der Waals surface area contributed by atoms with Gasteiger partial charge in [-0.15, -0.1) is 0 Å². The molecule has 21 heavy (non-hydrogen) atoms. The molecule has 0 radical (unpaired) electrons. The van der Waals surface area contributed by atoms with Crippen LogP contribution < -0.4 is 5.32 Å².